The van der Waals surface area contributed by atoms with Crippen LogP contribution in [-0.4, -0.2) is 38.1 Å². The summed E-state index contributed by atoms with van der Waals surface area (Å²) in [6.45, 7) is 11.5. The molecular formula is C13H30N2. The summed E-state index contributed by atoms with van der Waals surface area (Å²) in [6.07, 6.45) is 2.58. The molecule has 0 saturated carbocycles. The lowest BCUT2D eigenvalue weighted by Gasteiger charge is -2.27. The van der Waals surface area contributed by atoms with Gasteiger partial charge in [0.05, 0.1) is 0 Å². The number of likely N-dealkylation sites (N-methyl/N-ethyl adjacent to an activating group) is 1. The zero-order valence-corrected chi connectivity index (χ0v) is 11.5. The Labute approximate surface area is 96.4 Å². The maximum Gasteiger partial charge on any atom is 0.0217 e. The van der Waals surface area contributed by atoms with Gasteiger partial charge in [-0.3, -0.25) is 0 Å². The van der Waals surface area contributed by atoms with Crippen molar-refractivity contribution in [3.8, 4) is 0 Å². The quantitative estimate of drug-likeness (QED) is 0.668. The number of rotatable bonds is 8. The van der Waals surface area contributed by atoms with E-state index in [0.29, 0.717) is 12.0 Å². The lowest BCUT2D eigenvalue weighted by molar-refractivity contribution is 0.274. The topological polar surface area (TPSA) is 15.3 Å². The van der Waals surface area contributed by atoms with Crippen molar-refractivity contribution in [1.29, 1.82) is 0 Å². The Bertz CT molecular complexity index is 139. The molecule has 0 fully saturated rings. The maximum absolute atomic E-state index is 3.71. The van der Waals surface area contributed by atoms with Gasteiger partial charge in [0, 0.05) is 12.6 Å². The molecule has 0 aliphatic carbocycles. The highest BCUT2D eigenvalue weighted by atomic mass is 15.1. The highest BCUT2D eigenvalue weighted by Crippen LogP contribution is 2.08. The van der Waals surface area contributed by atoms with Crippen molar-refractivity contribution in [1.82, 2.24) is 10.2 Å². The first-order valence-corrected chi connectivity index (χ1v) is 6.39. The third-order valence-corrected chi connectivity index (χ3v) is 3.19. The molecule has 2 heteroatoms. The summed E-state index contributed by atoms with van der Waals surface area (Å²) in [5.41, 5.74) is 0. The number of hydrogen-bond donors (Lipinski definition) is 1. The minimum atomic E-state index is 0.626. The van der Waals surface area contributed by atoms with Crippen LogP contribution in [0.1, 0.15) is 40.5 Å². The van der Waals surface area contributed by atoms with E-state index in [1.807, 2.05) is 0 Å². The second-order valence-electron chi connectivity index (χ2n) is 5.20. The van der Waals surface area contributed by atoms with E-state index in [-0.39, 0.29) is 0 Å². The molecule has 15 heavy (non-hydrogen) atoms. The third kappa shape index (κ3) is 6.91. The van der Waals surface area contributed by atoms with E-state index < -0.39 is 0 Å². The van der Waals surface area contributed by atoms with Gasteiger partial charge in [-0.2, -0.15) is 0 Å². The molecule has 1 N–H and O–H groups in total. The van der Waals surface area contributed by atoms with Crippen molar-refractivity contribution >= 4 is 0 Å². The maximum atomic E-state index is 3.71. The fourth-order valence-corrected chi connectivity index (χ4v) is 1.80. The standard InChI is InChI=1S/C13H30N2/c1-7-12(8-2)9-14-13(11(3)4)10-15(5)6/h11-14H,7-10H2,1-6H3. The molecule has 0 aromatic rings. The Morgan fingerprint density at radius 3 is 1.93 bits per heavy atom. The summed E-state index contributed by atoms with van der Waals surface area (Å²) in [6, 6.07) is 0.626. The zero-order chi connectivity index (χ0) is 11.8. The summed E-state index contributed by atoms with van der Waals surface area (Å²) in [4.78, 5) is 2.27. The second kappa shape index (κ2) is 8.12. The van der Waals surface area contributed by atoms with Crippen LogP contribution >= 0.6 is 0 Å². The normalized spacial score (nSPS) is 14.2. The number of nitrogens with one attached hydrogen (secondary N) is 1. The van der Waals surface area contributed by atoms with Crippen molar-refractivity contribution in [2.45, 2.75) is 46.6 Å². The van der Waals surface area contributed by atoms with E-state index in [1.165, 1.54) is 19.4 Å². The Morgan fingerprint density at radius 1 is 1.07 bits per heavy atom. The van der Waals surface area contributed by atoms with Gasteiger partial charge in [0.1, 0.15) is 0 Å². The van der Waals surface area contributed by atoms with Gasteiger partial charge in [-0.1, -0.05) is 40.5 Å². The first-order chi connectivity index (χ1) is 7.01. The largest absolute Gasteiger partial charge is 0.312 e. The van der Waals surface area contributed by atoms with Gasteiger partial charge < -0.3 is 10.2 Å². The molecule has 92 valence electrons. The van der Waals surface area contributed by atoms with Crippen LogP contribution in [0.15, 0.2) is 0 Å². The minimum absolute atomic E-state index is 0.626. The Hall–Kier alpha value is -0.0800. The Balaban J connectivity index is 3.94. The molecule has 2 nitrogen and oxygen atoms in total. The SMILES string of the molecule is CCC(CC)CNC(CN(C)C)C(C)C. The van der Waals surface area contributed by atoms with Crippen molar-refractivity contribution < 1.29 is 0 Å². The van der Waals surface area contributed by atoms with E-state index in [1.54, 1.807) is 0 Å². The summed E-state index contributed by atoms with van der Waals surface area (Å²) in [5.74, 6) is 1.55. The van der Waals surface area contributed by atoms with Gasteiger partial charge in [-0.25, -0.2) is 0 Å². The van der Waals surface area contributed by atoms with Crippen LogP contribution in [-0.2, 0) is 0 Å². The zero-order valence-electron chi connectivity index (χ0n) is 11.5. The predicted octanol–water partition coefficient (Wildman–Crippen LogP) is 2.60. The molecule has 0 aromatic carbocycles. The van der Waals surface area contributed by atoms with Crippen molar-refractivity contribution in [2.24, 2.45) is 11.8 Å². The smallest absolute Gasteiger partial charge is 0.0217 e. The summed E-state index contributed by atoms with van der Waals surface area (Å²) in [5, 5.41) is 3.71. The molecular weight excluding hydrogens is 184 g/mol. The van der Waals surface area contributed by atoms with Gasteiger partial charge >= 0.3 is 0 Å². The molecule has 0 aromatic heterocycles. The lowest BCUT2D eigenvalue weighted by atomic mass is 10.00. The molecule has 0 heterocycles. The fourth-order valence-electron chi connectivity index (χ4n) is 1.80. The second-order valence-corrected chi connectivity index (χ2v) is 5.20. The molecule has 0 aliphatic heterocycles. The number of nitrogens with zero attached hydrogens (tertiary/aromatic N) is 1. The first kappa shape index (κ1) is 14.9. The predicted molar refractivity (Wildman–Crippen MR) is 69.3 cm³/mol. The molecule has 0 bridgehead atoms. The summed E-state index contributed by atoms with van der Waals surface area (Å²) in [7, 11) is 4.29. The van der Waals surface area contributed by atoms with Crippen LogP contribution in [0.2, 0.25) is 0 Å². The molecule has 1 atom stereocenters. The lowest BCUT2D eigenvalue weighted by Crippen LogP contribution is -2.43. The molecule has 0 radical (unpaired) electrons. The van der Waals surface area contributed by atoms with E-state index in [0.717, 1.165) is 12.5 Å². The van der Waals surface area contributed by atoms with Gasteiger partial charge in [0.2, 0.25) is 0 Å². The van der Waals surface area contributed by atoms with Crippen LogP contribution in [0.25, 0.3) is 0 Å². The summed E-state index contributed by atoms with van der Waals surface area (Å²) >= 11 is 0. The highest BCUT2D eigenvalue weighted by Gasteiger charge is 2.14. The Kier molecular flexibility index (Phi) is 8.07. The monoisotopic (exact) mass is 214 g/mol. The van der Waals surface area contributed by atoms with Crippen LogP contribution in [0.4, 0.5) is 0 Å². The van der Waals surface area contributed by atoms with Crippen molar-refractivity contribution in [3.05, 3.63) is 0 Å². The fraction of sp³-hybridized carbons (Fsp3) is 1.00. The van der Waals surface area contributed by atoms with E-state index in [9.17, 15) is 0 Å². The van der Waals surface area contributed by atoms with Crippen LogP contribution in [0.3, 0.4) is 0 Å². The minimum Gasteiger partial charge on any atom is -0.312 e. The molecule has 0 spiro atoms. The van der Waals surface area contributed by atoms with Crippen LogP contribution in [0.5, 0.6) is 0 Å². The van der Waals surface area contributed by atoms with Crippen LogP contribution < -0.4 is 5.32 Å². The van der Waals surface area contributed by atoms with Crippen molar-refractivity contribution in [2.75, 3.05) is 27.2 Å². The van der Waals surface area contributed by atoms with E-state index in [2.05, 4.69) is 52.0 Å². The molecule has 0 amide bonds. The first-order valence-electron chi connectivity index (χ1n) is 6.39. The molecule has 0 aliphatic rings. The molecule has 1 unspecified atom stereocenters. The average Bonchev–Trinajstić information content (AvgIpc) is 2.16. The van der Waals surface area contributed by atoms with Crippen molar-refractivity contribution in [3.63, 3.8) is 0 Å². The van der Waals surface area contributed by atoms with Gasteiger partial charge in [-0.15, -0.1) is 0 Å². The highest BCUT2D eigenvalue weighted by molar-refractivity contribution is 4.74. The summed E-state index contributed by atoms with van der Waals surface area (Å²) < 4.78 is 0. The van der Waals surface area contributed by atoms with Gasteiger partial charge in [-0.05, 0) is 32.5 Å². The average molecular weight is 214 g/mol. The molecule has 0 rings (SSSR count). The Morgan fingerprint density at radius 2 is 1.60 bits per heavy atom. The van der Waals surface area contributed by atoms with E-state index in [4.69, 9.17) is 0 Å². The van der Waals surface area contributed by atoms with Gasteiger partial charge in [0.15, 0.2) is 0 Å². The third-order valence-electron chi connectivity index (χ3n) is 3.19. The van der Waals surface area contributed by atoms with E-state index >= 15 is 0 Å². The van der Waals surface area contributed by atoms with Crippen LogP contribution in [0, 0.1) is 11.8 Å². The number of hydrogen-bond acceptors (Lipinski definition) is 2. The van der Waals surface area contributed by atoms with Gasteiger partial charge in [0.25, 0.3) is 0 Å². The molecule has 0 saturated heterocycles.